The van der Waals surface area contributed by atoms with Crippen molar-refractivity contribution in [1.82, 2.24) is 4.57 Å². The molecule has 2 aromatic rings. The van der Waals surface area contributed by atoms with Crippen molar-refractivity contribution in [2.45, 2.75) is 6.92 Å². The van der Waals surface area contributed by atoms with Crippen LogP contribution >= 0.6 is 0 Å². The van der Waals surface area contributed by atoms with Gasteiger partial charge < -0.3 is 10.3 Å². The maximum Gasteiger partial charge on any atom is 0.0469 e. The Labute approximate surface area is 77.6 Å². The van der Waals surface area contributed by atoms with Crippen LogP contribution in [0.1, 0.15) is 5.56 Å². The molecule has 2 rings (SSSR count). The number of hydrogen-bond donors (Lipinski definition) is 1. The fourth-order valence-corrected chi connectivity index (χ4v) is 1.35. The van der Waals surface area contributed by atoms with E-state index in [0.717, 1.165) is 11.4 Å². The van der Waals surface area contributed by atoms with E-state index in [9.17, 15) is 0 Å². The average molecular weight is 172 g/mol. The van der Waals surface area contributed by atoms with Gasteiger partial charge in [-0.25, -0.2) is 0 Å². The van der Waals surface area contributed by atoms with Crippen LogP contribution in [0.2, 0.25) is 0 Å². The summed E-state index contributed by atoms with van der Waals surface area (Å²) in [4.78, 5) is 0. The van der Waals surface area contributed by atoms with Crippen molar-refractivity contribution in [2.75, 3.05) is 5.73 Å². The first kappa shape index (κ1) is 7.92. The normalized spacial score (nSPS) is 10.2. The molecule has 2 nitrogen and oxygen atoms in total. The lowest BCUT2D eigenvalue weighted by atomic mass is 10.3. The van der Waals surface area contributed by atoms with Crippen molar-refractivity contribution in [3.8, 4) is 5.69 Å². The lowest BCUT2D eigenvalue weighted by Gasteiger charge is -2.02. The van der Waals surface area contributed by atoms with Gasteiger partial charge in [-0.2, -0.15) is 0 Å². The van der Waals surface area contributed by atoms with Gasteiger partial charge in [0.2, 0.25) is 0 Å². The predicted molar refractivity (Wildman–Crippen MR) is 54.9 cm³/mol. The highest BCUT2D eigenvalue weighted by atomic mass is 14.9. The van der Waals surface area contributed by atoms with Crippen LogP contribution in [0.4, 0.5) is 5.69 Å². The Balaban J connectivity index is 2.46. The van der Waals surface area contributed by atoms with Gasteiger partial charge in [-0.15, -0.1) is 0 Å². The van der Waals surface area contributed by atoms with Crippen molar-refractivity contribution in [1.29, 1.82) is 0 Å². The molecule has 0 unspecified atom stereocenters. The minimum Gasteiger partial charge on any atom is -0.399 e. The highest BCUT2D eigenvalue weighted by molar-refractivity contribution is 5.47. The van der Waals surface area contributed by atoms with Gasteiger partial charge in [-0.3, -0.25) is 0 Å². The summed E-state index contributed by atoms with van der Waals surface area (Å²) in [7, 11) is 0. The highest BCUT2D eigenvalue weighted by Gasteiger charge is 1.95. The van der Waals surface area contributed by atoms with Crippen LogP contribution in [0.5, 0.6) is 0 Å². The maximum atomic E-state index is 5.69. The number of anilines is 1. The van der Waals surface area contributed by atoms with Gasteiger partial charge in [-0.1, -0.05) is 6.07 Å². The summed E-state index contributed by atoms with van der Waals surface area (Å²) < 4.78 is 2.06. The second-order valence-corrected chi connectivity index (χ2v) is 3.19. The number of nitrogens with zero attached hydrogens (tertiary/aromatic N) is 1. The lowest BCUT2D eigenvalue weighted by molar-refractivity contribution is 1.08. The third-order valence-corrected chi connectivity index (χ3v) is 2.01. The minimum absolute atomic E-state index is 0.795. The molecule has 0 bridgehead atoms. The first-order chi connectivity index (χ1) is 6.25. The van der Waals surface area contributed by atoms with Crippen LogP contribution in [-0.2, 0) is 0 Å². The standard InChI is InChI=1S/C11H12N2/c1-9-5-6-13(8-9)11-4-2-3-10(12)7-11/h2-8H,12H2,1H3. The Morgan fingerprint density at radius 1 is 1.23 bits per heavy atom. The van der Waals surface area contributed by atoms with E-state index in [-0.39, 0.29) is 0 Å². The molecule has 0 amide bonds. The molecular formula is C11H12N2. The van der Waals surface area contributed by atoms with Gasteiger partial charge in [-0.05, 0) is 36.8 Å². The summed E-state index contributed by atoms with van der Waals surface area (Å²) in [6.07, 6.45) is 4.11. The molecule has 0 aliphatic carbocycles. The van der Waals surface area contributed by atoms with Crippen molar-refractivity contribution < 1.29 is 0 Å². The summed E-state index contributed by atoms with van der Waals surface area (Å²) in [5.41, 5.74) is 8.84. The molecule has 0 aliphatic rings. The van der Waals surface area contributed by atoms with Gasteiger partial charge in [0.25, 0.3) is 0 Å². The molecule has 1 aromatic heterocycles. The Hall–Kier alpha value is -1.70. The van der Waals surface area contributed by atoms with E-state index >= 15 is 0 Å². The minimum atomic E-state index is 0.795. The maximum absolute atomic E-state index is 5.69. The Kier molecular flexibility index (Phi) is 1.81. The van der Waals surface area contributed by atoms with E-state index in [4.69, 9.17) is 5.73 Å². The molecule has 1 heterocycles. The summed E-state index contributed by atoms with van der Waals surface area (Å²) >= 11 is 0. The Morgan fingerprint density at radius 2 is 2.08 bits per heavy atom. The van der Waals surface area contributed by atoms with Crippen LogP contribution in [0.3, 0.4) is 0 Å². The zero-order valence-corrected chi connectivity index (χ0v) is 7.57. The van der Waals surface area contributed by atoms with Gasteiger partial charge in [0.1, 0.15) is 0 Å². The number of benzene rings is 1. The van der Waals surface area contributed by atoms with Crippen LogP contribution in [0, 0.1) is 6.92 Å². The van der Waals surface area contributed by atoms with Crippen LogP contribution < -0.4 is 5.73 Å². The van der Waals surface area contributed by atoms with Crippen molar-refractivity contribution in [3.05, 3.63) is 48.3 Å². The molecule has 2 heteroatoms. The molecule has 0 atom stereocenters. The molecular weight excluding hydrogens is 160 g/mol. The van der Waals surface area contributed by atoms with Crippen molar-refractivity contribution in [2.24, 2.45) is 0 Å². The van der Waals surface area contributed by atoms with Gasteiger partial charge in [0.05, 0.1) is 0 Å². The largest absolute Gasteiger partial charge is 0.399 e. The summed E-state index contributed by atoms with van der Waals surface area (Å²) in [6.45, 7) is 2.07. The number of aromatic nitrogens is 1. The first-order valence-corrected chi connectivity index (χ1v) is 4.26. The average Bonchev–Trinajstić information content (AvgIpc) is 2.52. The van der Waals surface area contributed by atoms with Crippen LogP contribution in [0.15, 0.2) is 42.7 Å². The molecule has 0 spiro atoms. The number of aryl methyl sites for hydroxylation is 1. The van der Waals surface area contributed by atoms with Crippen LogP contribution in [-0.4, -0.2) is 4.57 Å². The molecule has 66 valence electrons. The second kappa shape index (κ2) is 2.98. The third kappa shape index (κ3) is 1.56. The second-order valence-electron chi connectivity index (χ2n) is 3.19. The van der Waals surface area contributed by atoms with Crippen molar-refractivity contribution in [3.63, 3.8) is 0 Å². The molecule has 13 heavy (non-hydrogen) atoms. The Morgan fingerprint density at radius 3 is 2.69 bits per heavy atom. The molecule has 0 aliphatic heterocycles. The summed E-state index contributed by atoms with van der Waals surface area (Å²) in [5, 5.41) is 0. The van der Waals surface area contributed by atoms with Gasteiger partial charge >= 0.3 is 0 Å². The van der Waals surface area contributed by atoms with E-state index < -0.39 is 0 Å². The molecule has 0 fully saturated rings. The quantitative estimate of drug-likeness (QED) is 0.658. The zero-order valence-electron chi connectivity index (χ0n) is 7.57. The summed E-state index contributed by atoms with van der Waals surface area (Å²) in [5.74, 6) is 0. The van der Waals surface area contributed by atoms with E-state index in [1.54, 1.807) is 0 Å². The third-order valence-electron chi connectivity index (χ3n) is 2.01. The summed E-state index contributed by atoms with van der Waals surface area (Å²) in [6, 6.07) is 9.91. The number of nitrogen functional groups attached to an aromatic ring is 1. The van der Waals surface area contributed by atoms with E-state index in [2.05, 4.69) is 23.8 Å². The predicted octanol–water partition coefficient (Wildman–Crippen LogP) is 2.37. The van der Waals surface area contributed by atoms with Gasteiger partial charge in [0, 0.05) is 23.8 Å². The fourth-order valence-electron chi connectivity index (χ4n) is 1.35. The molecule has 2 N–H and O–H groups in total. The van der Waals surface area contributed by atoms with Crippen LogP contribution in [0.25, 0.3) is 5.69 Å². The first-order valence-electron chi connectivity index (χ1n) is 4.26. The number of rotatable bonds is 1. The zero-order chi connectivity index (χ0) is 9.26. The van der Waals surface area contributed by atoms with E-state index in [0.29, 0.717) is 0 Å². The topological polar surface area (TPSA) is 30.9 Å². The molecule has 0 saturated carbocycles. The van der Waals surface area contributed by atoms with Crippen molar-refractivity contribution >= 4 is 5.69 Å². The smallest absolute Gasteiger partial charge is 0.0469 e. The fraction of sp³-hybridized carbons (Fsp3) is 0.0909. The molecule has 0 radical (unpaired) electrons. The SMILES string of the molecule is Cc1ccn(-c2cccc(N)c2)c1. The van der Waals surface area contributed by atoms with E-state index in [1.807, 2.05) is 30.5 Å². The number of hydrogen-bond acceptors (Lipinski definition) is 1. The Bertz CT molecular complexity index is 416. The molecule has 0 saturated heterocycles. The molecule has 1 aromatic carbocycles. The highest BCUT2D eigenvalue weighted by Crippen LogP contribution is 2.13. The van der Waals surface area contributed by atoms with Gasteiger partial charge in [0.15, 0.2) is 0 Å². The van der Waals surface area contributed by atoms with E-state index in [1.165, 1.54) is 5.56 Å². The monoisotopic (exact) mass is 172 g/mol. The number of nitrogens with two attached hydrogens (primary N) is 1. The lowest BCUT2D eigenvalue weighted by Crippen LogP contribution is -1.91.